The van der Waals surface area contributed by atoms with Crippen LogP contribution in [0.5, 0.6) is 0 Å². The summed E-state index contributed by atoms with van der Waals surface area (Å²) in [5, 5.41) is 9.95. The van der Waals surface area contributed by atoms with E-state index in [1.54, 1.807) is 17.4 Å². The van der Waals surface area contributed by atoms with E-state index in [0.29, 0.717) is 17.6 Å². The van der Waals surface area contributed by atoms with Crippen molar-refractivity contribution >= 4 is 28.1 Å². The lowest BCUT2D eigenvalue weighted by molar-refractivity contribution is 0.555. The first kappa shape index (κ1) is 13.8. The maximum absolute atomic E-state index is 11.2. The summed E-state index contributed by atoms with van der Waals surface area (Å²) < 4.78 is 6.83. The quantitative estimate of drug-likeness (QED) is 0.604. The maximum Gasteiger partial charge on any atom is 0.417 e. The van der Waals surface area contributed by atoms with Crippen molar-refractivity contribution in [2.75, 3.05) is 5.32 Å². The summed E-state index contributed by atoms with van der Waals surface area (Å²) in [6.07, 6.45) is 2.01. The van der Waals surface area contributed by atoms with Crippen molar-refractivity contribution in [2.24, 2.45) is 7.05 Å². The highest BCUT2D eigenvalue weighted by Crippen LogP contribution is 2.27. The van der Waals surface area contributed by atoms with E-state index in [4.69, 9.17) is 4.42 Å². The van der Waals surface area contributed by atoms with E-state index in [1.165, 1.54) is 0 Å². The van der Waals surface area contributed by atoms with Gasteiger partial charge < -0.3 is 9.73 Å². The van der Waals surface area contributed by atoms with Gasteiger partial charge in [0.15, 0.2) is 5.58 Å². The minimum Gasteiger partial charge on any atom is -0.408 e. The van der Waals surface area contributed by atoms with Gasteiger partial charge in [-0.3, -0.25) is 9.67 Å². The van der Waals surface area contributed by atoms with Crippen molar-refractivity contribution in [1.82, 2.24) is 14.8 Å². The second kappa shape index (κ2) is 5.44. The number of hydrogen-bond acceptors (Lipinski definition) is 5. The molecular formula is C16H14N4O2S. The number of nitrogens with one attached hydrogen (secondary N) is 2. The molecule has 23 heavy (non-hydrogen) atoms. The van der Waals surface area contributed by atoms with Crippen LogP contribution in [0.3, 0.4) is 0 Å². The van der Waals surface area contributed by atoms with Gasteiger partial charge in [0.2, 0.25) is 0 Å². The minimum atomic E-state index is -0.440. The summed E-state index contributed by atoms with van der Waals surface area (Å²) in [7, 11) is 1.92. The molecule has 6 nitrogen and oxygen atoms in total. The summed E-state index contributed by atoms with van der Waals surface area (Å²) in [5.74, 6) is -0.440. The third-order valence-electron chi connectivity index (χ3n) is 3.56. The van der Waals surface area contributed by atoms with Crippen molar-refractivity contribution in [1.29, 1.82) is 0 Å². The molecule has 0 saturated carbocycles. The lowest BCUT2D eigenvalue weighted by atomic mass is 10.2. The molecule has 0 spiro atoms. The average Bonchev–Trinajstić information content (AvgIpc) is 3.22. The number of aromatic nitrogens is 3. The molecule has 0 fully saturated rings. The standard InChI is InChI=1S/C16H14N4O2S/c1-20-9-10(15(19-20)14-3-2-6-23-14)8-17-11-4-5-13-12(7-11)18-16(21)22-13/h2-7,9,17H,8H2,1H3,(H,18,21). The Bertz CT molecular complexity index is 1010. The van der Waals surface area contributed by atoms with Gasteiger partial charge in [0.05, 0.1) is 10.4 Å². The summed E-state index contributed by atoms with van der Waals surface area (Å²) >= 11 is 1.67. The van der Waals surface area contributed by atoms with E-state index in [2.05, 4.69) is 21.5 Å². The molecule has 116 valence electrons. The molecule has 0 bridgehead atoms. The Morgan fingerprint density at radius 3 is 3.13 bits per heavy atom. The monoisotopic (exact) mass is 326 g/mol. The van der Waals surface area contributed by atoms with E-state index >= 15 is 0 Å². The van der Waals surface area contributed by atoms with Crippen LogP contribution < -0.4 is 11.1 Å². The topological polar surface area (TPSA) is 75.8 Å². The molecule has 7 heteroatoms. The van der Waals surface area contributed by atoms with Crippen LogP contribution in [0.4, 0.5) is 5.69 Å². The van der Waals surface area contributed by atoms with Crippen LogP contribution >= 0.6 is 11.3 Å². The van der Waals surface area contributed by atoms with Crippen molar-refractivity contribution in [3.05, 3.63) is 58.0 Å². The number of H-pyrrole nitrogens is 1. The predicted octanol–water partition coefficient (Wildman–Crippen LogP) is 3.20. The Morgan fingerprint density at radius 2 is 2.30 bits per heavy atom. The molecule has 3 aromatic heterocycles. The SMILES string of the molecule is Cn1cc(CNc2ccc3oc(=O)[nH]c3c2)c(-c2cccs2)n1. The normalized spacial score (nSPS) is 11.2. The lowest BCUT2D eigenvalue weighted by Crippen LogP contribution is -1.99. The zero-order valence-corrected chi connectivity index (χ0v) is 13.2. The van der Waals surface area contributed by atoms with Gasteiger partial charge in [-0.15, -0.1) is 11.3 Å². The van der Waals surface area contributed by atoms with Gasteiger partial charge in [-0.25, -0.2) is 4.79 Å². The first-order valence-corrected chi connectivity index (χ1v) is 8.00. The third-order valence-corrected chi connectivity index (χ3v) is 4.44. The second-order valence-electron chi connectivity index (χ2n) is 5.23. The largest absolute Gasteiger partial charge is 0.417 e. The van der Waals surface area contributed by atoms with Crippen LogP contribution in [-0.4, -0.2) is 14.8 Å². The summed E-state index contributed by atoms with van der Waals surface area (Å²) in [4.78, 5) is 15.0. The number of oxazole rings is 1. The second-order valence-corrected chi connectivity index (χ2v) is 6.18. The van der Waals surface area contributed by atoms with Crippen molar-refractivity contribution in [3.8, 4) is 10.6 Å². The van der Waals surface area contributed by atoms with Gasteiger partial charge in [0, 0.05) is 31.0 Å². The highest BCUT2D eigenvalue weighted by Gasteiger charge is 2.11. The first-order chi connectivity index (χ1) is 11.2. The number of aromatic amines is 1. The summed E-state index contributed by atoms with van der Waals surface area (Å²) in [6, 6.07) is 9.62. The zero-order chi connectivity index (χ0) is 15.8. The predicted molar refractivity (Wildman–Crippen MR) is 90.7 cm³/mol. The van der Waals surface area contributed by atoms with E-state index in [9.17, 15) is 4.79 Å². The Labute approximate surface area is 135 Å². The molecule has 2 N–H and O–H groups in total. The van der Waals surface area contributed by atoms with E-state index in [-0.39, 0.29) is 0 Å². The van der Waals surface area contributed by atoms with Gasteiger partial charge >= 0.3 is 5.76 Å². The van der Waals surface area contributed by atoms with Gasteiger partial charge in [-0.05, 0) is 29.6 Å². The van der Waals surface area contributed by atoms with Crippen LogP contribution in [0.15, 0.2) is 51.1 Å². The number of thiophene rings is 1. The smallest absolute Gasteiger partial charge is 0.408 e. The van der Waals surface area contributed by atoms with Crippen LogP contribution in [0.2, 0.25) is 0 Å². The summed E-state index contributed by atoms with van der Waals surface area (Å²) in [5.41, 5.74) is 4.27. The molecule has 0 aliphatic carbocycles. The van der Waals surface area contributed by atoms with Crippen LogP contribution in [0.25, 0.3) is 21.7 Å². The lowest BCUT2D eigenvalue weighted by Gasteiger charge is -2.06. The van der Waals surface area contributed by atoms with Gasteiger partial charge in [-0.1, -0.05) is 6.07 Å². The highest BCUT2D eigenvalue weighted by atomic mass is 32.1. The molecule has 0 aliphatic rings. The molecular weight excluding hydrogens is 312 g/mol. The molecule has 0 saturated heterocycles. The Kier molecular flexibility index (Phi) is 3.27. The molecule has 0 unspecified atom stereocenters. The Balaban J connectivity index is 1.59. The van der Waals surface area contributed by atoms with E-state index < -0.39 is 5.76 Å². The number of aryl methyl sites for hydroxylation is 1. The number of hydrogen-bond donors (Lipinski definition) is 2. The molecule has 0 atom stereocenters. The van der Waals surface area contributed by atoms with Crippen molar-refractivity contribution in [2.45, 2.75) is 6.54 Å². The number of benzene rings is 1. The van der Waals surface area contributed by atoms with Crippen LogP contribution in [0.1, 0.15) is 5.56 Å². The zero-order valence-electron chi connectivity index (χ0n) is 12.4. The molecule has 0 aliphatic heterocycles. The summed E-state index contributed by atoms with van der Waals surface area (Å²) in [6.45, 7) is 0.647. The molecule has 1 aromatic carbocycles. The maximum atomic E-state index is 11.2. The highest BCUT2D eigenvalue weighted by molar-refractivity contribution is 7.13. The fraction of sp³-hybridized carbons (Fsp3) is 0.125. The molecule has 4 rings (SSSR count). The molecule has 4 aromatic rings. The van der Waals surface area contributed by atoms with Crippen molar-refractivity contribution in [3.63, 3.8) is 0 Å². The number of fused-ring (bicyclic) bond motifs is 1. The number of rotatable bonds is 4. The minimum absolute atomic E-state index is 0.440. The van der Waals surface area contributed by atoms with Gasteiger partial charge in [0.1, 0.15) is 5.69 Å². The van der Waals surface area contributed by atoms with Crippen molar-refractivity contribution < 1.29 is 4.42 Å². The first-order valence-electron chi connectivity index (χ1n) is 7.12. The third kappa shape index (κ3) is 2.66. The number of nitrogens with zero attached hydrogens (tertiary/aromatic N) is 2. The fourth-order valence-corrected chi connectivity index (χ4v) is 3.29. The average molecular weight is 326 g/mol. The molecule has 0 radical (unpaired) electrons. The Hall–Kier alpha value is -2.80. The Morgan fingerprint density at radius 1 is 1.39 bits per heavy atom. The van der Waals surface area contributed by atoms with Gasteiger partial charge in [0.25, 0.3) is 0 Å². The molecule has 3 heterocycles. The fourth-order valence-electron chi connectivity index (χ4n) is 2.55. The van der Waals surface area contributed by atoms with E-state index in [0.717, 1.165) is 21.8 Å². The van der Waals surface area contributed by atoms with Gasteiger partial charge in [-0.2, -0.15) is 5.10 Å². The van der Waals surface area contributed by atoms with E-state index in [1.807, 2.05) is 41.5 Å². The van der Waals surface area contributed by atoms with Crippen LogP contribution in [0, 0.1) is 0 Å². The molecule has 0 amide bonds. The number of anilines is 1. The van der Waals surface area contributed by atoms with Crippen LogP contribution in [-0.2, 0) is 13.6 Å².